The molecule has 2 heterocycles. The van der Waals surface area contributed by atoms with Crippen molar-refractivity contribution in [3.05, 3.63) is 0 Å². The molecule has 2 saturated heterocycles. The molecule has 0 bridgehead atoms. The van der Waals surface area contributed by atoms with Gasteiger partial charge < -0.3 is 9.47 Å². The Morgan fingerprint density at radius 1 is 0.576 bits per heavy atom. The molecule has 2 aliphatic rings. The van der Waals surface area contributed by atoms with Crippen LogP contribution >= 0.6 is 11.8 Å². The highest BCUT2D eigenvalue weighted by Crippen LogP contribution is 2.34. The summed E-state index contributed by atoms with van der Waals surface area (Å²) in [5.41, 5.74) is 0. The molecule has 2 aliphatic heterocycles. The summed E-state index contributed by atoms with van der Waals surface area (Å²) in [5.74, 6) is 1.65. The van der Waals surface area contributed by atoms with Crippen LogP contribution < -0.4 is 0 Å². The second-order valence-corrected chi connectivity index (χ2v) is 13.5. The molecular weight excluding hydrogens is 424 g/mol. The minimum atomic E-state index is 0.562. The van der Waals surface area contributed by atoms with Crippen molar-refractivity contribution < 1.29 is 9.47 Å². The van der Waals surface area contributed by atoms with Crippen LogP contribution in [0.4, 0.5) is 0 Å². The molecule has 2 rings (SSSR count). The zero-order chi connectivity index (χ0) is 23.7. The van der Waals surface area contributed by atoms with Crippen LogP contribution in [-0.2, 0) is 9.47 Å². The van der Waals surface area contributed by atoms with Crippen LogP contribution in [-0.4, -0.2) is 35.9 Å². The van der Waals surface area contributed by atoms with Gasteiger partial charge in [-0.2, -0.15) is 11.8 Å². The van der Waals surface area contributed by atoms with Gasteiger partial charge in [-0.1, -0.05) is 53.4 Å². The fourth-order valence-corrected chi connectivity index (χ4v) is 7.12. The molecule has 3 heteroatoms. The molecule has 0 N–H and O–H groups in total. The number of hydrogen-bond acceptors (Lipinski definition) is 3. The van der Waals surface area contributed by atoms with Gasteiger partial charge in [0.2, 0.25) is 0 Å². The van der Waals surface area contributed by atoms with Crippen molar-refractivity contribution in [3.8, 4) is 0 Å². The standard InChI is InChI=1S/C30H58O2S/c1-25(2)19-21-29(17-7-5-13-27-15-9-11-23-31-27)33-30(22-20-26(3)4)18-8-6-14-28-16-10-12-24-32-28/h25-30H,5-24H2,1-4H3. The first-order valence-corrected chi connectivity index (χ1v) is 15.9. The molecule has 2 nitrogen and oxygen atoms in total. The summed E-state index contributed by atoms with van der Waals surface area (Å²) in [6, 6.07) is 0. The molecule has 0 amide bonds. The van der Waals surface area contributed by atoms with Crippen molar-refractivity contribution >= 4 is 11.8 Å². The quantitative estimate of drug-likeness (QED) is 0.181. The van der Waals surface area contributed by atoms with E-state index < -0.39 is 0 Å². The van der Waals surface area contributed by atoms with Crippen molar-refractivity contribution in [2.45, 2.75) is 166 Å². The number of hydrogen-bond donors (Lipinski definition) is 0. The predicted molar refractivity (Wildman–Crippen MR) is 147 cm³/mol. The van der Waals surface area contributed by atoms with E-state index >= 15 is 0 Å². The van der Waals surface area contributed by atoms with Gasteiger partial charge in [0.15, 0.2) is 0 Å². The third-order valence-electron chi connectivity index (χ3n) is 7.67. The lowest BCUT2D eigenvalue weighted by molar-refractivity contribution is 0.00967. The van der Waals surface area contributed by atoms with Crippen molar-refractivity contribution in [1.82, 2.24) is 0 Å². The highest BCUT2D eigenvalue weighted by molar-refractivity contribution is 8.00. The van der Waals surface area contributed by atoms with Gasteiger partial charge in [-0.25, -0.2) is 0 Å². The fourth-order valence-electron chi connectivity index (χ4n) is 5.43. The van der Waals surface area contributed by atoms with Crippen LogP contribution in [0.1, 0.15) is 143 Å². The summed E-state index contributed by atoms with van der Waals surface area (Å²) in [4.78, 5) is 0. The Kier molecular flexibility index (Phi) is 16.6. The van der Waals surface area contributed by atoms with Gasteiger partial charge in [-0.05, 0) is 102 Å². The molecule has 0 aromatic heterocycles. The lowest BCUT2D eigenvalue weighted by atomic mass is 10.00. The van der Waals surface area contributed by atoms with E-state index in [2.05, 4.69) is 39.5 Å². The number of ether oxygens (including phenoxy) is 2. The molecule has 0 aromatic carbocycles. The van der Waals surface area contributed by atoms with Crippen LogP contribution in [0.15, 0.2) is 0 Å². The third-order valence-corrected chi connectivity index (χ3v) is 9.38. The first kappa shape index (κ1) is 29.5. The summed E-state index contributed by atoms with van der Waals surface area (Å²) in [7, 11) is 0. The van der Waals surface area contributed by atoms with E-state index in [1.54, 1.807) is 0 Å². The highest BCUT2D eigenvalue weighted by Gasteiger charge is 2.20. The minimum Gasteiger partial charge on any atom is -0.378 e. The van der Waals surface area contributed by atoms with Crippen LogP contribution in [0.25, 0.3) is 0 Å². The Bertz CT molecular complexity index is 401. The molecule has 0 spiro atoms. The maximum atomic E-state index is 5.97. The molecule has 0 saturated carbocycles. The second-order valence-electron chi connectivity index (χ2n) is 11.9. The average Bonchev–Trinajstić information content (AvgIpc) is 2.82. The molecule has 0 radical (unpaired) electrons. The lowest BCUT2D eigenvalue weighted by Crippen LogP contribution is -2.19. The van der Waals surface area contributed by atoms with Gasteiger partial charge in [0.05, 0.1) is 12.2 Å². The van der Waals surface area contributed by atoms with E-state index in [0.717, 1.165) is 35.5 Å². The maximum Gasteiger partial charge on any atom is 0.0575 e. The van der Waals surface area contributed by atoms with Crippen LogP contribution in [0.2, 0.25) is 0 Å². The number of thioether (sulfide) groups is 1. The molecule has 196 valence electrons. The fraction of sp³-hybridized carbons (Fsp3) is 1.00. The molecule has 4 unspecified atom stereocenters. The Hall–Kier alpha value is 0.270. The average molecular weight is 483 g/mol. The van der Waals surface area contributed by atoms with Gasteiger partial charge in [0.1, 0.15) is 0 Å². The Balaban J connectivity index is 1.74. The normalized spacial score (nSPS) is 23.8. The largest absolute Gasteiger partial charge is 0.378 e. The van der Waals surface area contributed by atoms with Gasteiger partial charge >= 0.3 is 0 Å². The molecule has 4 atom stereocenters. The van der Waals surface area contributed by atoms with E-state index in [1.807, 2.05) is 0 Å². The SMILES string of the molecule is CC(C)CCC(CCCCC1CCCCO1)SC(CCCCC1CCCCO1)CCC(C)C. The van der Waals surface area contributed by atoms with E-state index in [9.17, 15) is 0 Å². The third kappa shape index (κ3) is 15.1. The summed E-state index contributed by atoms with van der Waals surface area (Å²) in [5, 5.41) is 1.72. The van der Waals surface area contributed by atoms with Crippen LogP contribution in [0.3, 0.4) is 0 Å². The first-order chi connectivity index (χ1) is 16.0. The zero-order valence-corrected chi connectivity index (χ0v) is 23.6. The second kappa shape index (κ2) is 18.5. The van der Waals surface area contributed by atoms with Crippen molar-refractivity contribution in [2.75, 3.05) is 13.2 Å². The highest BCUT2D eigenvalue weighted by atomic mass is 32.2. The predicted octanol–water partition coefficient (Wildman–Crippen LogP) is 9.59. The van der Waals surface area contributed by atoms with E-state index in [1.165, 1.54) is 116 Å². The maximum absolute atomic E-state index is 5.97. The topological polar surface area (TPSA) is 18.5 Å². The minimum absolute atomic E-state index is 0.562. The number of unbranched alkanes of at least 4 members (excludes halogenated alkanes) is 2. The molecule has 2 fully saturated rings. The van der Waals surface area contributed by atoms with Crippen molar-refractivity contribution in [2.24, 2.45) is 11.8 Å². The van der Waals surface area contributed by atoms with Crippen molar-refractivity contribution in [3.63, 3.8) is 0 Å². The molecule has 33 heavy (non-hydrogen) atoms. The van der Waals surface area contributed by atoms with Crippen molar-refractivity contribution in [1.29, 1.82) is 0 Å². The molecular formula is C30H58O2S. The van der Waals surface area contributed by atoms with Gasteiger partial charge in [0.25, 0.3) is 0 Å². The van der Waals surface area contributed by atoms with E-state index in [4.69, 9.17) is 9.47 Å². The zero-order valence-electron chi connectivity index (χ0n) is 22.8. The van der Waals surface area contributed by atoms with E-state index in [-0.39, 0.29) is 0 Å². The molecule has 0 aromatic rings. The van der Waals surface area contributed by atoms with Gasteiger partial charge in [-0.15, -0.1) is 0 Å². The van der Waals surface area contributed by atoms with Gasteiger partial charge in [-0.3, -0.25) is 0 Å². The smallest absolute Gasteiger partial charge is 0.0575 e. The summed E-state index contributed by atoms with van der Waals surface area (Å²) < 4.78 is 11.9. The van der Waals surface area contributed by atoms with Crippen LogP contribution in [0, 0.1) is 11.8 Å². The summed E-state index contributed by atoms with van der Waals surface area (Å²) in [6.07, 6.45) is 25.6. The molecule has 0 aliphatic carbocycles. The lowest BCUT2D eigenvalue weighted by Gasteiger charge is -2.26. The summed E-state index contributed by atoms with van der Waals surface area (Å²) >= 11 is 2.38. The monoisotopic (exact) mass is 482 g/mol. The first-order valence-electron chi connectivity index (χ1n) is 14.9. The van der Waals surface area contributed by atoms with Gasteiger partial charge in [0, 0.05) is 23.7 Å². The Morgan fingerprint density at radius 3 is 1.39 bits per heavy atom. The Morgan fingerprint density at radius 2 is 1.03 bits per heavy atom. The van der Waals surface area contributed by atoms with Crippen LogP contribution in [0.5, 0.6) is 0 Å². The summed E-state index contributed by atoms with van der Waals surface area (Å²) in [6.45, 7) is 11.6. The van der Waals surface area contributed by atoms with E-state index in [0.29, 0.717) is 12.2 Å². The number of rotatable bonds is 18. The Labute approximate surface area is 212 Å².